The normalized spacial score (nSPS) is 12.9. The zero-order valence-corrected chi connectivity index (χ0v) is 24.1. The predicted octanol–water partition coefficient (Wildman–Crippen LogP) is 9.96. The van der Waals surface area contributed by atoms with Crippen molar-refractivity contribution < 1.29 is 4.79 Å². The SMILES string of the molecule is O=C1C(c2ccccc2)=C(c2ccccc2)C(c2ccc(N=C(c3ccccc3)c3ccccc3)cc2)=C1c1ccccc1. The van der Waals surface area contributed by atoms with E-state index in [1.165, 1.54) is 0 Å². The van der Waals surface area contributed by atoms with Crippen molar-refractivity contribution in [1.29, 1.82) is 0 Å². The van der Waals surface area contributed by atoms with Crippen LogP contribution >= 0.6 is 0 Å². The smallest absolute Gasteiger partial charge is 0.195 e. The summed E-state index contributed by atoms with van der Waals surface area (Å²) in [6.45, 7) is 0. The van der Waals surface area contributed by atoms with Crippen LogP contribution in [-0.4, -0.2) is 11.5 Å². The van der Waals surface area contributed by atoms with Crippen LogP contribution in [-0.2, 0) is 4.79 Å². The van der Waals surface area contributed by atoms with Gasteiger partial charge in [0.1, 0.15) is 0 Å². The van der Waals surface area contributed by atoms with Crippen LogP contribution in [0.5, 0.6) is 0 Å². The third-order valence-corrected chi connectivity index (χ3v) is 7.88. The maximum atomic E-state index is 14.5. The van der Waals surface area contributed by atoms with Crippen LogP contribution in [0.3, 0.4) is 0 Å². The van der Waals surface area contributed by atoms with Crippen LogP contribution < -0.4 is 0 Å². The molecule has 0 saturated heterocycles. The topological polar surface area (TPSA) is 29.4 Å². The third kappa shape index (κ3) is 5.26. The van der Waals surface area contributed by atoms with E-state index in [9.17, 15) is 4.79 Å². The number of carbonyl (C=O) groups is 1. The van der Waals surface area contributed by atoms with E-state index in [0.29, 0.717) is 5.57 Å². The summed E-state index contributed by atoms with van der Waals surface area (Å²) in [6, 6.07) is 59.0. The summed E-state index contributed by atoms with van der Waals surface area (Å²) in [7, 11) is 0. The molecule has 44 heavy (non-hydrogen) atoms. The largest absolute Gasteiger partial charge is 0.289 e. The number of allylic oxidation sites excluding steroid dienone is 4. The number of benzene rings is 6. The minimum Gasteiger partial charge on any atom is -0.289 e. The average Bonchev–Trinajstić information content (AvgIpc) is 3.42. The third-order valence-electron chi connectivity index (χ3n) is 7.88. The summed E-state index contributed by atoms with van der Waals surface area (Å²) in [5, 5.41) is 0. The minimum atomic E-state index is 0.0359. The second kappa shape index (κ2) is 12.2. The monoisotopic (exact) mass is 563 g/mol. The predicted molar refractivity (Wildman–Crippen MR) is 183 cm³/mol. The molecule has 2 heteroatoms. The molecule has 0 saturated carbocycles. The van der Waals surface area contributed by atoms with E-state index < -0.39 is 0 Å². The van der Waals surface area contributed by atoms with Crippen molar-refractivity contribution in [3.63, 3.8) is 0 Å². The van der Waals surface area contributed by atoms with Gasteiger partial charge >= 0.3 is 0 Å². The molecule has 0 unspecified atom stereocenters. The fourth-order valence-corrected chi connectivity index (χ4v) is 5.86. The number of nitrogens with zero attached hydrogens (tertiary/aromatic N) is 1. The van der Waals surface area contributed by atoms with Gasteiger partial charge in [0.2, 0.25) is 0 Å². The number of aliphatic imine (C=N–C) groups is 1. The van der Waals surface area contributed by atoms with Crippen LogP contribution in [0.2, 0.25) is 0 Å². The number of hydrogen-bond donors (Lipinski definition) is 0. The van der Waals surface area contributed by atoms with Crippen molar-refractivity contribution in [3.05, 3.63) is 209 Å². The van der Waals surface area contributed by atoms with Crippen LogP contribution in [0.25, 0.3) is 22.3 Å². The lowest BCUT2D eigenvalue weighted by atomic mass is 9.89. The molecule has 1 aliphatic carbocycles. The second-order valence-electron chi connectivity index (χ2n) is 10.7. The summed E-state index contributed by atoms with van der Waals surface area (Å²) in [4.78, 5) is 19.6. The molecule has 0 radical (unpaired) electrons. The number of Topliss-reactive ketones (excluding diaryl/α,β-unsaturated/α-hetero) is 1. The van der Waals surface area contributed by atoms with Gasteiger partial charge in [0.15, 0.2) is 5.78 Å². The first-order valence-corrected chi connectivity index (χ1v) is 14.8. The minimum absolute atomic E-state index is 0.0359. The molecule has 2 nitrogen and oxygen atoms in total. The molecular weight excluding hydrogens is 534 g/mol. The first-order valence-electron chi connectivity index (χ1n) is 14.8. The summed E-state index contributed by atoms with van der Waals surface area (Å²) in [5.41, 5.74) is 11.0. The van der Waals surface area contributed by atoms with Gasteiger partial charge in [0, 0.05) is 33.4 Å². The van der Waals surface area contributed by atoms with Gasteiger partial charge in [-0.15, -0.1) is 0 Å². The van der Waals surface area contributed by atoms with E-state index in [2.05, 4.69) is 48.5 Å². The highest BCUT2D eigenvalue weighted by Crippen LogP contribution is 2.49. The van der Waals surface area contributed by atoms with Crippen LogP contribution in [0.1, 0.15) is 33.4 Å². The summed E-state index contributed by atoms with van der Waals surface area (Å²) < 4.78 is 0. The van der Waals surface area contributed by atoms with E-state index in [4.69, 9.17) is 4.99 Å². The second-order valence-corrected chi connectivity index (χ2v) is 10.7. The Morgan fingerprint density at radius 3 is 1.05 bits per heavy atom. The maximum Gasteiger partial charge on any atom is 0.195 e. The molecule has 0 bridgehead atoms. The molecule has 7 rings (SSSR count). The van der Waals surface area contributed by atoms with Gasteiger partial charge in [0.05, 0.1) is 11.4 Å². The van der Waals surface area contributed by atoms with E-state index in [-0.39, 0.29) is 5.78 Å². The van der Waals surface area contributed by atoms with Crippen molar-refractivity contribution in [1.82, 2.24) is 0 Å². The summed E-state index contributed by atoms with van der Waals surface area (Å²) >= 11 is 0. The van der Waals surface area contributed by atoms with Crippen molar-refractivity contribution in [3.8, 4) is 0 Å². The van der Waals surface area contributed by atoms with Gasteiger partial charge in [-0.1, -0.05) is 164 Å². The number of ketones is 1. The van der Waals surface area contributed by atoms with Crippen molar-refractivity contribution in [2.45, 2.75) is 0 Å². The average molecular weight is 564 g/mol. The highest BCUT2D eigenvalue weighted by molar-refractivity contribution is 6.59. The zero-order chi connectivity index (χ0) is 29.7. The van der Waals surface area contributed by atoms with Gasteiger partial charge in [-0.25, -0.2) is 4.99 Å². The Balaban J connectivity index is 1.41. The molecule has 6 aromatic carbocycles. The molecule has 0 amide bonds. The Labute approximate surface area is 258 Å². The van der Waals surface area contributed by atoms with Gasteiger partial charge < -0.3 is 0 Å². The van der Waals surface area contributed by atoms with Crippen molar-refractivity contribution >= 4 is 39.5 Å². The molecule has 0 heterocycles. The Kier molecular flexibility index (Phi) is 7.47. The zero-order valence-electron chi connectivity index (χ0n) is 24.1. The van der Waals surface area contributed by atoms with Gasteiger partial charge in [0.25, 0.3) is 0 Å². The van der Waals surface area contributed by atoms with Crippen LogP contribution in [0, 0.1) is 0 Å². The van der Waals surface area contributed by atoms with Crippen LogP contribution in [0.4, 0.5) is 5.69 Å². The molecule has 6 aromatic rings. The highest BCUT2D eigenvalue weighted by Gasteiger charge is 2.35. The fraction of sp³-hybridized carbons (Fsp3) is 0. The molecular formula is C42H29NO. The molecule has 0 spiro atoms. The standard InChI is InChI=1S/C42H29NO/c44-42-39(31-18-8-2-9-19-31)37(30-16-6-1-7-17-30)38(40(42)32-20-10-3-11-21-32)33-26-28-36(29-27-33)43-41(34-22-12-4-13-23-34)35-24-14-5-15-25-35/h1-29H. The number of carbonyl (C=O) groups excluding carboxylic acids is 1. The Bertz CT molecular complexity index is 1960. The Hall–Kier alpha value is -5.86. The lowest BCUT2D eigenvalue weighted by Crippen LogP contribution is -2.02. The number of rotatable bonds is 7. The summed E-state index contributed by atoms with van der Waals surface area (Å²) in [5.74, 6) is 0.0359. The van der Waals surface area contributed by atoms with Gasteiger partial charge in [-0.3, -0.25) is 4.79 Å². The Morgan fingerprint density at radius 1 is 0.341 bits per heavy atom. The molecule has 0 atom stereocenters. The first kappa shape index (κ1) is 27.0. The molecule has 0 aliphatic heterocycles. The molecule has 208 valence electrons. The molecule has 0 aromatic heterocycles. The molecule has 1 aliphatic rings. The van der Waals surface area contributed by atoms with E-state index in [1.54, 1.807) is 0 Å². The summed E-state index contributed by atoms with van der Waals surface area (Å²) in [6.07, 6.45) is 0. The lowest BCUT2D eigenvalue weighted by Gasteiger charge is -2.14. The molecule has 0 N–H and O–H groups in total. The quantitative estimate of drug-likeness (QED) is 0.178. The van der Waals surface area contributed by atoms with Crippen LogP contribution in [0.15, 0.2) is 181 Å². The highest BCUT2D eigenvalue weighted by atomic mass is 16.1. The fourth-order valence-electron chi connectivity index (χ4n) is 5.86. The first-order chi connectivity index (χ1) is 21.8. The number of hydrogen-bond acceptors (Lipinski definition) is 2. The van der Waals surface area contributed by atoms with Crippen molar-refractivity contribution in [2.75, 3.05) is 0 Å². The van der Waals surface area contributed by atoms with Crippen molar-refractivity contribution in [2.24, 2.45) is 4.99 Å². The van der Waals surface area contributed by atoms with E-state index in [0.717, 1.165) is 61.5 Å². The maximum absolute atomic E-state index is 14.5. The van der Waals surface area contributed by atoms with Gasteiger partial charge in [-0.2, -0.15) is 0 Å². The van der Waals surface area contributed by atoms with E-state index in [1.807, 2.05) is 127 Å². The lowest BCUT2D eigenvalue weighted by molar-refractivity contribution is -0.108. The Morgan fingerprint density at radius 2 is 0.659 bits per heavy atom. The van der Waals surface area contributed by atoms with Gasteiger partial charge in [-0.05, 0) is 34.4 Å². The molecule has 0 fully saturated rings. The van der Waals surface area contributed by atoms with E-state index >= 15 is 0 Å².